The van der Waals surface area contributed by atoms with Gasteiger partial charge in [-0.1, -0.05) is 72.8 Å². The standard InChI is InChI=1S/C24H23N3O3/c1-16(28)17-12-14-20(15-13-17)23(29)26-21(18-8-4-2-5-9-18)24(30)27-22(25)19-10-6-3-7-11-19/h2-16,21,28H,1H3,(H,26,29)(H2,25,27,30). The van der Waals surface area contributed by atoms with Gasteiger partial charge in [-0.3, -0.25) is 9.59 Å². The van der Waals surface area contributed by atoms with Crippen LogP contribution in [0.3, 0.4) is 0 Å². The second-order valence-corrected chi connectivity index (χ2v) is 6.82. The molecule has 2 amide bonds. The molecule has 0 fully saturated rings. The summed E-state index contributed by atoms with van der Waals surface area (Å²) in [6.45, 7) is 1.65. The molecule has 6 heteroatoms. The predicted molar refractivity (Wildman–Crippen MR) is 116 cm³/mol. The molecule has 0 radical (unpaired) electrons. The largest absolute Gasteiger partial charge is 0.389 e. The molecule has 4 N–H and O–H groups in total. The number of rotatable bonds is 6. The lowest BCUT2D eigenvalue weighted by Crippen LogP contribution is -2.34. The number of aliphatic imine (C=N–C) groups is 1. The van der Waals surface area contributed by atoms with E-state index in [4.69, 9.17) is 5.73 Å². The Morgan fingerprint density at radius 2 is 1.40 bits per heavy atom. The second-order valence-electron chi connectivity index (χ2n) is 6.82. The number of nitrogens with two attached hydrogens (primary N) is 1. The van der Waals surface area contributed by atoms with Crippen molar-refractivity contribution in [3.8, 4) is 0 Å². The summed E-state index contributed by atoms with van der Waals surface area (Å²) in [5, 5.41) is 12.4. The molecule has 0 aromatic heterocycles. The van der Waals surface area contributed by atoms with E-state index in [0.29, 0.717) is 22.3 Å². The number of amidine groups is 1. The molecule has 3 aromatic rings. The van der Waals surface area contributed by atoms with Crippen molar-refractivity contribution in [3.63, 3.8) is 0 Å². The van der Waals surface area contributed by atoms with E-state index in [1.54, 1.807) is 79.7 Å². The average Bonchev–Trinajstić information content (AvgIpc) is 2.78. The number of nitrogens with zero attached hydrogens (tertiary/aromatic N) is 1. The quantitative estimate of drug-likeness (QED) is 0.436. The number of hydrogen-bond acceptors (Lipinski definition) is 3. The Balaban J connectivity index is 1.86. The smallest absolute Gasteiger partial charge is 0.274 e. The maximum atomic E-state index is 12.9. The Morgan fingerprint density at radius 3 is 1.97 bits per heavy atom. The SMILES string of the molecule is CC(O)c1ccc(C(=O)NC(C(=O)N=C(N)c2ccccc2)c2ccccc2)cc1. The lowest BCUT2D eigenvalue weighted by atomic mass is 10.0. The molecule has 0 saturated carbocycles. The predicted octanol–water partition coefficient (Wildman–Crippen LogP) is 3.14. The third-order valence-corrected chi connectivity index (χ3v) is 4.61. The van der Waals surface area contributed by atoms with E-state index in [-0.39, 0.29) is 5.84 Å². The summed E-state index contributed by atoms with van der Waals surface area (Å²) in [5.41, 5.74) is 8.28. The van der Waals surface area contributed by atoms with Crippen LogP contribution in [0.2, 0.25) is 0 Å². The van der Waals surface area contributed by atoms with Crippen LogP contribution in [0.4, 0.5) is 0 Å². The highest BCUT2D eigenvalue weighted by Crippen LogP contribution is 2.17. The van der Waals surface area contributed by atoms with E-state index < -0.39 is 24.0 Å². The molecule has 30 heavy (non-hydrogen) atoms. The minimum atomic E-state index is -0.989. The third-order valence-electron chi connectivity index (χ3n) is 4.61. The third kappa shape index (κ3) is 5.18. The summed E-state index contributed by atoms with van der Waals surface area (Å²) >= 11 is 0. The van der Waals surface area contributed by atoms with Crippen molar-refractivity contribution in [2.24, 2.45) is 10.7 Å². The minimum Gasteiger partial charge on any atom is -0.389 e. The fraction of sp³-hybridized carbons (Fsp3) is 0.125. The van der Waals surface area contributed by atoms with Crippen LogP contribution in [0, 0.1) is 0 Å². The average molecular weight is 401 g/mol. The van der Waals surface area contributed by atoms with Crippen LogP contribution in [0.15, 0.2) is 89.9 Å². The number of amides is 2. The topological polar surface area (TPSA) is 105 Å². The molecule has 152 valence electrons. The van der Waals surface area contributed by atoms with Crippen LogP contribution in [-0.2, 0) is 4.79 Å². The van der Waals surface area contributed by atoms with E-state index >= 15 is 0 Å². The van der Waals surface area contributed by atoms with Crippen LogP contribution in [0.1, 0.15) is 46.1 Å². The van der Waals surface area contributed by atoms with Gasteiger partial charge in [-0.05, 0) is 30.2 Å². The zero-order valence-corrected chi connectivity index (χ0v) is 16.5. The van der Waals surface area contributed by atoms with Gasteiger partial charge in [0.1, 0.15) is 11.9 Å². The summed E-state index contributed by atoms with van der Waals surface area (Å²) in [4.78, 5) is 29.7. The molecule has 0 heterocycles. The fourth-order valence-electron chi connectivity index (χ4n) is 2.92. The molecular formula is C24H23N3O3. The van der Waals surface area contributed by atoms with Crippen molar-refractivity contribution < 1.29 is 14.7 Å². The van der Waals surface area contributed by atoms with E-state index in [0.717, 1.165) is 0 Å². The van der Waals surface area contributed by atoms with Crippen molar-refractivity contribution in [2.75, 3.05) is 0 Å². The van der Waals surface area contributed by atoms with Gasteiger partial charge in [-0.25, -0.2) is 0 Å². The first-order chi connectivity index (χ1) is 14.5. The highest BCUT2D eigenvalue weighted by Gasteiger charge is 2.23. The molecule has 3 rings (SSSR count). The number of benzene rings is 3. The van der Waals surface area contributed by atoms with Crippen LogP contribution in [0.25, 0.3) is 0 Å². The Morgan fingerprint density at radius 1 is 0.833 bits per heavy atom. The van der Waals surface area contributed by atoms with Gasteiger partial charge in [0.05, 0.1) is 6.10 Å². The van der Waals surface area contributed by atoms with E-state index in [1.807, 2.05) is 12.1 Å². The number of hydrogen-bond donors (Lipinski definition) is 3. The lowest BCUT2D eigenvalue weighted by Gasteiger charge is -2.17. The Hall–Kier alpha value is -3.77. The van der Waals surface area contributed by atoms with Gasteiger partial charge in [0.15, 0.2) is 0 Å². The van der Waals surface area contributed by atoms with Crippen molar-refractivity contribution in [1.82, 2.24) is 5.32 Å². The van der Waals surface area contributed by atoms with Gasteiger partial charge < -0.3 is 16.2 Å². The van der Waals surface area contributed by atoms with Crippen molar-refractivity contribution >= 4 is 17.6 Å². The molecule has 0 spiro atoms. The number of nitrogens with one attached hydrogen (secondary N) is 1. The van der Waals surface area contributed by atoms with Gasteiger partial charge in [0.25, 0.3) is 11.8 Å². The maximum Gasteiger partial charge on any atom is 0.274 e. The van der Waals surface area contributed by atoms with Crippen LogP contribution < -0.4 is 11.1 Å². The van der Waals surface area contributed by atoms with Gasteiger partial charge >= 0.3 is 0 Å². The van der Waals surface area contributed by atoms with Crippen LogP contribution in [0.5, 0.6) is 0 Å². The maximum absolute atomic E-state index is 12.9. The molecular weight excluding hydrogens is 378 g/mol. The normalized spacial score (nSPS) is 13.3. The molecule has 0 aliphatic heterocycles. The van der Waals surface area contributed by atoms with E-state index in [9.17, 15) is 14.7 Å². The second kappa shape index (κ2) is 9.62. The first kappa shape index (κ1) is 21.0. The van der Waals surface area contributed by atoms with Gasteiger partial charge in [0, 0.05) is 11.1 Å². The lowest BCUT2D eigenvalue weighted by molar-refractivity contribution is -0.119. The molecule has 0 aliphatic carbocycles. The summed E-state index contributed by atoms with van der Waals surface area (Å²) in [6.07, 6.45) is -0.629. The van der Waals surface area contributed by atoms with Crippen LogP contribution >= 0.6 is 0 Å². The van der Waals surface area contributed by atoms with Gasteiger partial charge in [-0.15, -0.1) is 0 Å². The molecule has 6 nitrogen and oxygen atoms in total. The van der Waals surface area contributed by atoms with Crippen LogP contribution in [-0.4, -0.2) is 22.8 Å². The molecule has 3 aromatic carbocycles. The molecule has 0 saturated heterocycles. The minimum absolute atomic E-state index is 0.0806. The Kier molecular flexibility index (Phi) is 6.72. The molecule has 0 bridgehead atoms. The van der Waals surface area contributed by atoms with E-state index in [2.05, 4.69) is 10.3 Å². The van der Waals surface area contributed by atoms with Gasteiger partial charge in [0.2, 0.25) is 0 Å². The Bertz CT molecular complexity index is 1030. The zero-order chi connectivity index (χ0) is 21.5. The summed E-state index contributed by atoms with van der Waals surface area (Å²) in [5.74, 6) is -0.920. The van der Waals surface area contributed by atoms with Crippen molar-refractivity contribution in [1.29, 1.82) is 0 Å². The summed E-state index contributed by atoms with van der Waals surface area (Å²) < 4.78 is 0. The summed E-state index contributed by atoms with van der Waals surface area (Å²) in [6, 6.07) is 23.4. The number of carbonyl (C=O) groups excluding carboxylic acids is 2. The van der Waals surface area contributed by atoms with Crippen molar-refractivity contribution in [3.05, 3.63) is 107 Å². The van der Waals surface area contributed by atoms with Crippen molar-refractivity contribution in [2.45, 2.75) is 19.1 Å². The van der Waals surface area contributed by atoms with Gasteiger partial charge in [-0.2, -0.15) is 4.99 Å². The molecule has 2 atom stereocenters. The first-order valence-corrected chi connectivity index (χ1v) is 9.53. The highest BCUT2D eigenvalue weighted by molar-refractivity contribution is 6.06. The number of aliphatic hydroxyl groups excluding tert-OH is 1. The Labute approximate surface area is 175 Å². The van der Waals surface area contributed by atoms with E-state index in [1.165, 1.54) is 0 Å². The fourth-order valence-corrected chi connectivity index (χ4v) is 2.92. The molecule has 2 unspecified atom stereocenters. The monoisotopic (exact) mass is 401 g/mol. The summed E-state index contributed by atoms with van der Waals surface area (Å²) in [7, 11) is 0. The zero-order valence-electron chi connectivity index (χ0n) is 16.5. The number of aliphatic hydroxyl groups is 1. The number of carbonyl (C=O) groups is 2. The molecule has 0 aliphatic rings. The first-order valence-electron chi connectivity index (χ1n) is 9.53. The highest BCUT2D eigenvalue weighted by atomic mass is 16.3.